The first-order valence-corrected chi connectivity index (χ1v) is 10.5. The average molecular weight is 436 g/mol. The van der Waals surface area contributed by atoms with Crippen LogP contribution >= 0.6 is 0 Å². The smallest absolute Gasteiger partial charge is 0.293 e. The molecule has 5 N–H and O–H groups in total. The molecule has 1 rings (SSSR count). The van der Waals surface area contributed by atoms with Crippen LogP contribution in [0.3, 0.4) is 0 Å². The number of nitrogens with zero attached hydrogens (tertiary/aromatic N) is 1. The highest BCUT2D eigenvalue weighted by Gasteiger charge is 2.18. The fourth-order valence-corrected chi connectivity index (χ4v) is 2.63. The zero-order chi connectivity index (χ0) is 21.5. The van der Waals surface area contributed by atoms with Gasteiger partial charge in [-0.05, 0) is 12.1 Å². The molecule has 0 atom stereocenters. The van der Waals surface area contributed by atoms with Crippen LogP contribution in [0.4, 0.5) is 11.4 Å². The SMILES string of the molecule is NCCOCCOCCOCCOCCNc1ccc(S(N)(=O)=O)cc1[N+](=O)[O-]. The Morgan fingerprint density at radius 2 is 1.45 bits per heavy atom. The van der Waals surface area contributed by atoms with E-state index in [-0.39, 0.29) is 22.9 Å². The predicted octanol–water partition coefficient (Wildman–Crippen LogP) is -0.321. The van der Waals surface area contributed by atoms with Crippen LogP contribution in [0, 0.1) is 10.1 Å². The molecule has 166 valence electrons. The summed E-state index contributed by atoms with van der Waals surface area (Å²) in [6, 6.07) is 3.41. The standard InChI is InChI=1S/C16H28N4O8S/c17-3-5-25-7-9-27-11-12-28-10-8-26-6-4-19-15-2-1-14(29(18,23)24)13-16(15)20(21)22/h1-2,13,19H,3-12,17H2,(H2,18,23,24). The van der Waals surface area contributed by atoms with Crippen LogP contribution in [0.15, 0.2) is 23.1 Å². The molecule has 0 aliphatic heterocycles. The van der Waals surface area contributed by atoms with Crippen molar-refractivity contribution in [2.24, 2.45) is 10.9 Å². The number of sulfonamides is 1. The van der Waals surface area contributed by atoms with Crippen molar-refractivity contribution in [1.82, 2.24) is 0 Å². The predicted molar refractivity (Wildman–Crippen MR) is 105 cm³/mol. The molecule has 0 bridgehead atoms. The molecular formula is C16H28N4O8S. The number of nitrogens with two attached hydrogens (primary N) is 2. The molecule has 0 fully saturated rings. The van der Waals surface area contributed by atoms with Crippen molar-refractivity contribution in [3.05, 3.63) is 28.3 Å². The lowest BCUT2D eigenvalue weighted by molar-refractivity contribution is -0.384. The third-order valence-corrected chi connectivity index (χ3v) is 4.35. The normalized spacial score (nSPS) is 11.5. The highest BCUT2D eigenvalue weighted by Crippen LogP contribution is 2.26. The largest absolute Gasteiger partial charge is 0.378 e. The van der Waals surface area contributed by atoms with Crippen molar-refractivity contribution in [3.8, 4) is 0 Å². The summed E-state index contributed by atoms with van der Waals surface area (Å²) in [6.45, 7) is 4.18. The van der Waals surface area contributed by atoms with Crippen molar-refractivity contribution in [3.63, 3.8) is 0 Å². The van der Waals surface area contributed by atoms with Gasteiger partial charge in [0.2, 0.25) is 10.0 Å². The summed E-state index contributed by atoms with van der Waals surface area (Å²) in [7, 11) is -4.02. The Balaban J connectivity index is 2.14. The van der Waals surface area contributed by atoms with Crippen molar-refractivity contribution in [2.45, 2.75) is 4.90 Å². The molecule has 0 amide bonds. The molecule has 13 heteroatoms. The van der Waals surface area contributed by atoms with E-state index in [1.54, 1.807) is 0 Å². The minimum atomic E-state index is -4.02. The van der Waals surface area contributed by atoms with E-state index >= 15 is 0 Å². The molecule has 0 aliphatic carbocycles. The summed E-state index contributed by atoms with van der Waals surface area (Å²) in [5.41, 5.74) is 5.08. The van der Waals surface area contributed by atoms with E-state index in [0.717, 1.165) is 6.07 Å². The number of primary sulfonamides is 1. The lowest BCUT2D eigenvalue weighted by Crippen LogP contribution is -2.16. The number of hydrogen-bond donors (Lipinski definition) is 3. The van der Waals surface area contributed by atoms with Gasteiger partial charge in [0.05, 0.1) is 62.7 Å². The summed E-state index contributed by atoms with van der Waals surface area (Å²) in [6.07, 6.45) is 0. The van der Waals surface area contributed by atoms with Gasteiger partial charge in [-0.15, -0.1) is 0 Å². The summed E-state index contributed by atoms with van der Waals surface area (Å²) in [5.74, 6) is 0. The Morgan fingerprint density at radius 3 is 1.93 bits per heavy atom. The Labute approximate surface area is 169 Å². The van der Waals surface area contributed by atoms with Crippen LogP contribution in [0.1, 0.15) is 0 Å². The number of ether oxygens (including phenoxy) is 4. The van der Waals surface area contributed by atoms with E-state index in [1.165, 1.54) is 12.1 Å². The Hall–Kier alpha value is -1.87. The fourth-order valence-electron chi connectivity index (χ4n) is 2.09. The zero-order valence-corrected chi connectivity index (χ0v) is 16.9. The van der Waals surface area contributed by atoms with Gasteiger partial charge in [-0.1, -0.05) is 0 Å². The third-order valence-electron chi connectivity index (χ3n) is 3.43. The van der Waals surface area contributed by atoms with Crippen LogP contribution in [0.25, 0.3) is 0 Å². The second kappa shape index (κ2) is 14.2. The summed E-state index contributed by atoms with van der Waals surface area (Å²) < 4.78 is 43.7. The minimum absolute atomic E-state index is 0.176. The number of anilines is 1. The van der Waals surface area contributed by atoms with Gasteiger partial charge in [-0.3, -0.25) is 10.1 Å². The molecule has 0 heterocycles. The first kappa shape index (κ1) is 25.2. The van der Waals surface area contributed by atoms with Gasteiger partial charge < -0.3 is 30.0 Å². The van der Waals surface area contributed by atoms with E-state index < -0.39 is 14.9 Å². The topological polar surface area (TPSA) is 178 Å². The van der Waals surface area contributed by atoms with Crippen LogP contribution in [-0.2, 0) is 29.0 Å². The monoisotopic (exact) mass is 436 g/mol. The van der Waals surface area contributed by atoms with Crippen molar-refractivity contribution >= 4 is 21.4 Å². The quantitative estimate of drug-likeness (QED) is 0.166. The molecule has 0 aliphatic rings. The number of benzene rings is 1. The maximum Gasteiger partial charge on any atom is 0.293 e. The van der Waals surface area contributed by atoms with Crippen molar-refractivity contribution in [1.29, 1.82) is 0 Å². The Morgan fingerprint density at radius 1 is 0.931 bits per heavy atom. The maximum atomic E-state index is 11.3. The molecule has 29 heavy (non-hydrogen) atoms. The Bertz CT molecular complexity index is 717. The molecule has 0 saturated heterocycles. The molecule has 1 aromatic carbocycles. The molecule has 0 spiro atoms. The number of rotatable bonds is 17. The maximum absolute atomic E-state index is 11.3. The van der Waals surface area contributed by atoms with Gasteiger partial charge >= 0.3 is 0 Å². The first-order chi connectivity index (χ1) is 13.9. The van der Waals surface area contributed by atoms with E-state index in [9.17, 15) is 18.5 Å². The highest BCUT2D eigenvalue weighted by molar-refractivity contribution is 7.89. The minimum Gasteiger partial charge on any atom is -0.378 e. The zero-order valence-electron chi connectivity index (χ0n) is 16.1. The average Bonchev–Trinajstić information content (AvgIpc) is 2.67. The van der Waals surface area contributed by atoms with Crippen LogP contribution in [-0.4, -0.2) is 79.3 Å². The number of nitro groups is 1. The van der Waals surface area contributed by atoms with Crippen LogP contribution in [0.5, 0.6) is 0 Å². The van der Waals surface area contributed by atoms with Crippen molar-refractivity contribution < 1.29 is 32.3 Å². The molecular weight excluding hydrogens is 408 g/mol. The van der Waals surface area contributed by atoms with Crippen molar-refractivity contribution in [2.75, 3.05) is 71.3 Å². The van der Waals surface area contributed by atoms with E-state index in [0.29, 0.717) is 59.3 Å². The van der Waals surface area contributed by atoms with Gasteiger partial charge in [-0.25, -0.2) is 13.6 Å². The van der Waals surface area contributed by atoms with Gasteiger partial charge in [0.15, 0.2) is 0 Å². The van der Waals surface area contributed by atoms with Gasteiger partial charge in [-0.2, -0.15) is 0 Å². The Kier molecular flexibility index (Phi) is 12.3. The fraction of sp³-hybridized carbons (Fsp3) is 0.625. The first-order valence-electron chi connectivity index (χ1n) is 8.92. The third kappa shape index (κ3) is 11.0. The van der Waals surface area contributed by atoms with Gasteiger partial charge in [0.25, 0.3) is 5.69 Å². The van der Waals surface area contributed by atoms with Crippen LogP contribution in [0.2, 0.25) is 0 Å². The second-order valence-electron chi connectivity index (χ2n) is 5.65. The highest BCUT2D eigenvalue weighted by atomic mass is 32.2. The summed E-state index contributed by atoms with van der Waals surface area (Å²) in [5, 5.41) is 18.9. The lowest BCUT2D eigenvalue weighted by atomic mass is 10.2. The number of hydrogen-bond acceptors (Lipinski definition) is 10. The van der Waals surface area contributed by atoms with E-state index in [4.69, 9.17) is 29.8 Å². The van der Waals surface area contributed by atoms with Gasteiger partial charge in [0, 0.05) is 19.2 Å². The molecule has 0 saturated carbocycles. The molecule has 12 nitrogen and oxygen atoms in total. The van der Waals surface area contributed by atoms with Gasteiger partial charge in [0.1, 0.15) is 5.69 Å². The number of nitro benzene ring substituents is 1. The van der Waals surface area contributed by atoms with E-state index in [1.807, 2.05) is 0 Å². The summed E-state index contributed by atoms with van der Waals surface area (Å²) >= 11 is 0. The second-order valence-corrected chi connectivity index (χ2v) is 7.21. The molecule has 0 unspecified atom stereocenters. The summed E-state index contributed by atoms with van der Waals surface area (Å²) in [4.78, 5) is 10.1. The van der Waals surface area contributed by atoms with E-state index in [2.05, 4.69) is 5.32 Å². The molecule has 0 aromatic heterocycles. The lowest BCUT2D eigenvalue weighted by Gasteiger charge is -2.09. The molecule has 1 aromatic rings. The molecule has 0 radical (unpaired) electrons. The van der Waals surface area contributed by atoms with Crippen LogP contribution < -0.4 is 16.2 Å². The number of nitrogens with one attached hydrogen (secondary N) is 1.